The molecule has 0 saturated heterocycles. The van der Waals surface area contributed by atoms with Crippen LogP contribution in [0, 0.1) is 0 Å². The Bertz CT molecular complexity index is 1020. The largest absolute Gasteiger partial charge is 0.398 e. The van der Waals surface area contributed by atoms with Crippen molar-refractivity contribution in [3.05, 3.63) is 60.3 Å². The lowest BCUT2D eigenvalue weighted by Crippen LogP contribution is -2.38. The fraction of sp³-hybridized carbons (Fsp3) is 0.227. The van der Waals surface area contributed by atoms with E-state index in [2.05, 4.69) is 10.3 Å². The number of hydrogen-bond acceptors (Lipinski definition) is 4. The van der Waals surface area contributed by atoms with Gasteiger partial charge in [0.2, 0.25) is 0 Å². The van der Waals surface area contributed by atoms with E-state index in [1.165, 1.54) is 0 Å². The van der Waals surface area contributed by atoms with Gasteiger partial charge in [-0.15, -0.1) is 0 Å². The van der Waals surface area contributed by atoms with E-state index in [4.69, 9.17) is 5.73 Å². The minimum absolute atomic E-state index is 0.0427. The molecule has 0 aliphatic heterocycles. The average Bonchev–Trinajstić information content (AvgIpc) is 2.70. The van der Waals surface area contributed by atoms with Crippen LogP contribution in [0.2, 0.25) is 0 Å². The lowest BCUT2D eigenvalue weighted by molar-refractivity contribution is -0.120. The fourth-order valence-electron chi connectivity index (χ4n) is 3.52. The van der Waals surface area contributed by atoms with Gasteiger partial charge in [-0.05, 0) is 42.5 Å². The Labute approximate surface area is 157 Å². The van der Waals surface area contributed by atoms with Crippen molar-refractivity contribution in [1.82, 2.24) is 10.3 Å². The first-order chi connectivity index (χ1) is 13.1. The van der Waals surface area contributed by atoms with Crippen LogP contribution in [0.1, 0.15) is 36.2 Å². The molecular weight excluding hydrogens is 338 g/mol. The minimum Gasteiger partial charge on any atom is -0.398 e. The molecule has 0 atom stereocenters. The molecule has 3 N–H and O–H groups in total. The minimum atomic E-state index is -0.198. The van der Waals surface area contributed by atoms with E-state index in [1.54, 1.807) is 6.07 Å². The van der Waals surface area contributed by atoms with E-state index in [-0.39, 0.29) is 17.7 Å². The number of Topliss-reactive ketones (excluding diaryl/α,β-unsaturated/α-hetero) is 1. The number of ketones is 1. The molecule has 0 bridgehead atoms. The van der Waals surface area contributed by atoms with Crippen LogP contribution in [-0.2, 0) is 4.79 Å². The van der Waals surface area contributed by atoms with Gasteiger partial charge in [-0.1, -0.05) is 30.3 Å². The molecule has 5 heteroatoms. The van der Waals surface area contributed by atoms with Crippen LogP contribution in [-0.4, -0.2) is 22.7 Å². The van der Waals surface area contributed by atoms with Crippen LogP contribution >= 0.6 is 0 Å². The molecule has 4 rings (SSSR count). The summed E-state index contributed by atoms with van der Waals surface area (Å²) in [4.78, 5) is 28.5. The molecular formula is C22H21N3O2. The molecule has 1 fully saturated rings. The Morgan fingerprint density at radius 2 is 1.81 bits per heavy atom. The molecule has 0 unspecified atom stereocenters. The number of carbonyl (C=O) groups excluding carboxylic acids is 2. The van der Waals surface area contributed by atoms with Crippen molar-refractivity contribution < 1.29 is 9.59 Å². The van der Waals surface area contributed by atoms with Crippen molar-refractivity contribution in [1.29, 1.82) is 0 Å². The first-order valence-corrected chi connectivity index (χ1v) is 9.18. The maximum atomic E-state index is 12.6. The molecule has 0 radical (unpaired) electrons. The summed E-state index contributed by atoms with van der Waals surface area (Å²) in [6, 6.07) is 17.3. The summed E-state index contributed by atoms with van der Waals surface area (Å²) < 4.78 is 0. The van der Waals surface area contributed by atoms with Crippen molar-refractivity contribution >= 4 is 28.2 Å². The number of carbonyl (C=O) groups is 2. The van der Waals surface area contributed by atoms with E-state index in [0.29, 0.717) is 31.4 Å². The first kappa shape index (κ1) is 17.2. The number of anilines is 1. The van der Waals surface area contributed by atoms with Gasteiger partial charge in [-0.2, -0.15) is 0 Å². The highest BCUT2D eigenvalue weighted by Gasteiger charge is 2.21. The zero-order valence-corrected chi connectivity index (χ0v) is 14.9. The van der Waals surface area contributed by atoms with Gasteiger partial charge in [0, 0.05) is 35.5 Å². The van der Waals surface area contributed by atoms with Gasteiger partial charge in [-0.25, -0.2) is 4.98 Å². The third kappa shape index (κ3) is 3.67. The number of rotatable bonds is 3. The van der Waals surface area contributed by atoms with Gasteiger partial charge < -0.3 is 11.1 Å². The summed E-state index contributed by atoms with van der Waals surface area (Å²) in [5.41, 5.74) is 8.83. The molecule has 1 aliphatic carbocycles. The molecule has 1 aliphatic rings. The van der Waals surface area contributed by atoms with Gasteiger partial charge in [-0.3, -0.25) is 9.59 Å². The van der Waals surface area contributed by atoms with Crippen molar-refractivity contribution in [2.45, 2.75) is 31.7 Å². The molecule has 5 nitrogen and oxygen atoms in total. The topological polar surface area (TPSA) is 85.1 Å². The Morgan fingerprint density at radius 1 is 1.04 bits per heavy atom. The molecule has 27 heavy (non-hydrogen) atoms. The second-order valence-corrected chi connectivity index (χ2v) is 6.98. The quantitative estimate of drug-likeness (QED) is 0.698. The highest BCUT2D eigenvalue weighted by atomic mass is 16.2. The summed E-state index contributed by atoms with van der Waals surface area (Å²) in [6.45, 7) is 0. The molecule has 1 amide bonds. The first-order valence-electron chi connectivity index (χ1n) is 9.18. The Balaban J connectivity index is 1.58. The number of nitrogens with zero attached hydrogens (tertiary/aromatic N) is 1. The Kier molecular flexibility index (Phi) is 4.59. The Hall–Kier alpha value is -3.21. The summed E-state index contributed by atoms with van der Waals surface area (Å²) in [5, 5.41) is 5.04. The van der Waals surface area contributed by atoms with Crippen molar-refractivity contribution in [3.8, 4) is 11.3 Å². The van der Waals surface area contributed by atoms with Crippen LogP contribution in [0.4, 0.5) is 5.69 Å². The summed E-state index contributed by atoms with van der Waals surface area (Å²) in [6.07, 6.45) is 2.48. The summed E-state index contributed by atoms with van der Waals surface area (Å²) in [7, 11) is 0. The molecule has 1 heterocycles. The molecule has 3 aromatic rings. The normalized spacial score (nSPS) is 15.0. The van der Waals surface area contributed by atoms with Crippen LogP contribution in [0.5, 0.6) is 0 Å². The number of hydrogen-bond donors (Lipinski definition) is 2. The predicted molar refractivity (Wildman–Crippen MR) is 106 cm³/mol. The van der Waals surface area contributed by atoms with Gasteiger partial charge in [0.1, 0.15) is 11.5 Å². The standard InChI is InChI=1S/C22H21N3O2/c23-19-4-1-3-14-7-8-15(13-18(14)19)20-5-2-6-21(25-20)22(27)24-16-9-11-17(26)12-10-16/h1-8,13,16H,9-12,23H2,(H,24,27). The number of fused-ring (bicyclic) bond motifs is 1. The number of aromatic nitrogens is 1. The number of nitrogens with two attached hydrogens (primary N) is 1. The second kappa shape index (κ2) is 7.19. The third-order valence-corrected chi connectivity index (χ3v) is 5.07. The van der Waals surface area contributed by atoms with Gasteiger partial charge in [0.05, 0.1) is 5.69 Å². The van der Waals surface area contributed by atoms with Gasteiger partial charge in [0.15, 0.2) is 0 Å². The second-order valence-electron chi connectivity index (χ2n) is 6.98. The summed E-state index contributed by atoms with van der Waals surface area (Å²) in [5.74, 6) is 0.0766. The lowest BCUT2D eigenvalue weighted by atomic mass is 9.94. The maximum absolute atomic E-state index is 12.6. The van der Waals surface area contributed by atoms with E-state index in [1.807, 2.05) is 48.5 Å². The van der Waals surface area contributed by atoms with Crippen molar-refractivity contribution in [3.63, 3.8) is 0 Å². The number of pyridine rings is 1. The van der Waals surface area contributed by atoms with Crippen LogP contribution in [0.15, 0.2) is 54.6 Å². The molecule has 1 aromatic heterocycles. The van der Waals surface area contributed by atoms with E-state index in [0.717, 1.165) is 27.7 Å². The molecule has 2 aromatic carbocycles. The van der Waals surface area contributed by atoms with Crippen LogP contribution < -0.4 is 11.1 Å². The monoisotopic (exact) mass is 359 g/mol. The van der Waals surface area contributed by atoms with Gasteiger partial charge >= 0.3 is 0 Å². The lowest BCUT2D eigenvalue weighted by Gasteiger charge is -2.22. The fourth-order valence-corrected chi connectivity index (χ4v) is 3.52. The molecule has 136 valence electrons. The number of nitrogens with one attached hydrogen (secondary N) is 1. The molecule has 1 saturated carbocycles. The maximum Gasteiger partial charge on any atom is 0.270 e. The van der Waals surface area contributed by atoms with Crippen LogP contribution in [0.25, 0.3) is 22.0 Å². The van der Waals surface area contributed by atoms with E-state index >= 15 is 0 Å². The SMILES string of the molecule is Nc1cccc2ccc(-c3cccc(C(=O)NC4CCC(=O)CC4)n3)cc12. The number of amides is 1. The van der Waals surface area contributed by atoms with Crippen molar-refractivity contribution in [2.75, 3.05) is 5.73 Å². The van der Waals surface area contributed by atoms with E-state index in [9.17, 15) is 9.59 Å². The smallest absolute Gasteiger partial charge is 0.270 e. The zero-order chi connectivity index (χ0) is 18.8. The summed E-state index contributed by atoms with van der Waals surface area (Å²) >= 11 is 0. The number of nitrogen functional groups attached to an aromatic ring is 1. The highest BCUT2D eigenvalue weighted by Crippen LogP contribution is 2.27. The number of benzene rings is 2. The van der Waals surface area contributed by atoms with Crippen molar-refractivity contribution in [2.24, 2.45) is 0 Å². The Morgan fingerprint density at radius 3 is 2.63 bits per heavy atom. The average molecular weight is 359 g/mol. The zero-order valence-electron chi connectivity index (χ0n) is 14.9. The van der Waals surface area contributed by atoms with Crippen LogP contribution in [0.3, 0.4) is 0 Å². The van der Waals surface area contributed by atoms with Gasteiger partial charge in [0.25, 0.3) is 5.91 Å². The van der Waals surface area contributed by atoms with E-state index < -0.39 is 0 Å². The molecule has 0 spiro atoms. The third-order valence-electron chi connectivity index (χ3n) is 5.07. The predicted octanol–water partition coefficient (Wildman–Crippen LogP) is 3.73. The highest BCUT2D eigenvalue weighted by molar-refractivity contribution is 5.96.